The molecule has 4 aliphatic carbocycles. The maximum atomic E-state index is 12.7. The molecule has 4 bridgehead atoms. The molecule has 0 spiro atoms. The molecule has 0 saturated heterocycles. The molecule has 0 aliphatic heterocycles. The van der Waals surface area contributed by atoms with Gasteiger partial charge in [-0.2, -0.15) is 0 Å². The monoisotopic (exact) mass is 372 g/mol. The maximum Gasteiger partial charge on any atom is 0.321 e. The molecule has 0 heterocycles. The summed E-state index contributed by atoms with van der Waals surface area (Å²) in [6, 6.07) is -0.632. The van der Waals surface area contributed by atoms with Crippen LogP contribution in [0.4, 0.5) is 4.79 Å². The molecule has 0 radical (unpaired) electrons. The topological polar surface area (TPSA) is 93.7 Å². The van der Waals surface area contributed by atoms with E-state index in [4.69, 9.17) is 21.1 Å². The summed E-state index contributed by atoms with van der Waals surface area (Å²) in [5.74, 6) is -0.0338. The first-order chi connectivity index (χ1) is 11.8. The van der Waals surface area contributed by atoms with Gasteiger partial charge in [-0.25, -0.2) is 4.79 Å². The second-order valence-electron chi connectivity index (χ2n) is 7.77. The van der Waals surface area contributed by atoms with Crippen LogP contribution in [0.25, 0.3) is 0 Å². The van der Waals surface area contributed by atoms with Crippen LogP contribution in [0.1, 0.15) is 38.5 Å². The number of esters is 1. The maximum absolute atomic E-state index is 12.7. The average Bonchev–Trinajstić information content (AvgIpc) is 2.50. The second kappa shape index (κ2) is 7.11. The number of methoxy groups -OCH3 is 1. The van der Waals surface area contributed by atoms with Crippen molar-refractivity contribution >= 4 is 29.5 Å². The minimum atomic E-state index is -0.645. The third-order valence-electron chi connectivity index (χ3n) is 5.60. The zero-order chi connectivity index (χ0) is 18.1. The Kier molecular flexibility index (Phi) is 5.25. The molecule has 4 rings (SSSR count). The Morgan fingerprint density at radius 3 is 2.44 bits per heavy atom. The number of carbonyl (C=O) groups is 3. The number of amides is 3. The number of hydrogen-bond acceptors (Lipinski definition) is 5. The van der Waals surface area contributed by atoms with Gasteiger partial charge in [0.1, 0.15) is 0 Å². The smallest absolute Gasteiger partial charge is 0.321 e. The zero-order valence-electron chi connectivity index (χ0n) is 14.4. The molecule has 2 atom stereocenters. The van der Waals surface area contributed by atoms with Crippen molar-refractivity contribution in [3.05, 3.63) is 0 Å². The third-order valence-corrected chi connectivity index (χ3v) is 6.04. The van der Waals surface area contributed by atoms with Gasteiger partial charge in [0.2, 0.25) is 0 Å². The highest BCUT2D eigenvalue weighted by molar-refractivity contribution is 6.24. The first kappa shape index (κ1) is 18.5. The van der Waals surface area contributed by atoms with Crippen molar-refractivity contribution in [2.75, 3.05) is 26.9 Å². The van der Waals surface area contributed by atoms with Crippen molar-refractivity contribution in [2.45, 2.75) is 43.4 Å². The summed E-state index contributed by atoms with van der Waals surface area (Å²) in [7, 11) is 1.51. The number of urea groups is 1. The van der Waals surface area contributed by atoms with Crippen molar-refractivity contribution < 1.29 is 23.9 Å². The number of carbonyl (C=O) groups excluding carboxylic acids is 3. The lowest BCUT2D eigenvalue weighted by Gasteiger charge is -2.58. The lowest BCUT2D eigenvalue weighted by molar-refractivity contribution is -0.171. The SMILES string of the molecule is COCCNC(=O)NC(=O)COC(=O)C12CC3CC(CC(Cl)(C3)C1)C2. The summed E-state index contributed by atoms with van der Waals surface area (Å²) in [6.07, 6.45) is 5.33. The fraction of sp³-hybridized carbons (Fsp3) is 0.824. The number of imide groups is 1. The number of halogens is 1. The highest BCUT2D eigenvalue weighted by Crippen LogP contribution is 2.64. The van der Waals surface area contributed by atoms with E-state index in [0.29, 0.717) is 31.4 Å². The van der Waals surface area contributed by atoms with E-state index >= 15 is 0 Å². The van der Waals surface area contributed by atoms with Crippen molar-refractivity contribution in [3.63, 3.8) is 0 Å². The Hall–Kier alpha value is -1.34. The number of ether oxygens (including phenoxy) is 2. The predicted octanol–water partition coefficient (Wildman–Crippen LogP) is 1.58. The molecule has 4 saturated carbocycles. The summed E-state index contributed by atoms with van der Waals surface area (Å²) < 4.78 is 10.0. The molecule has 25 heavy (non-hydrogen) atoms. The summed E-state index contributed by atoms with van der Waals surface area (Å²) in [6.45, 7) is 0.184. The molecule has 4 fully saturated rings. The molecule has 0 aromatic carbocycles. The lowest BCUT2D eigenvalue weighted by atomic mass is 9.49. The van der Waals surface area contributed by atoms with Gasteiger partial charge in [-0.15, -0.1) is 11.6 Å². The molecule has 7 nitrogen and oxygen atoms in total. The summed E-state index contributed by atoms with van der Waals surface area (Å²) in [4.78, 5) is 35.6. The van der Waals surface area contributed by atoms with E-state index in [-0.39, 0.29) is 10.8 Å². The summed E-state index contributed by atoms with van der Waals surface area (Å²) >= 11 is 6.71. The Bertz CT molecular complexity index is 553. The van der Waals surface area contributed by atoms with Crippen molar-refractivity contribution in [1.82, 2.24) is 10.6 Å². The van der Waals surface area contributed by atoms with Gasteiger partial charge in [-0.05, 0) is 50.4 Å². The highest BCUT2D eigenvalue weighted by Gasteiger charge is 2.60. The van der Waals surface area contributed by atoms with Gasteiger partial charge >= 0.3 is 12.0 Å². The van der Waals surface area contributed by atoms with Crippen LogP contribution < -0.4 is 10.6 Å². The van der Waals surface area contributed by atoms with Crippen molar-refractivity contribution in [2.24, 2.45) is 17.3 Å². The van der Waals surface area contributed by atoms with Gasteiger partial charge in [0.25, 0.3) is 5.91 Å². The second-order valence-corrected chi connectivity index (χ2v) is 8.57. The molecular formula is C17H25ClN2O5. The van der Waals surface area contributed by atoms with E-state index < -0.39 is 24.0 Å². The molecule has 4 aliphatic rings. The van der Waals surface area contributed by atoms with Gasteiger partial charge in [-0.3, -0.25) is 14.9 Å². The lowest BCUT2D eigenvalue weighted by Crippen LogP contribution is -2.56. The predicted molar refractivity (Wildman–Crippen MR) is 90.1 cm³/mol. The van der Waals surface area contributed by atoms with Crippen molar-refractivity contribution in [1.29, 1.82) is 0 Å². The first-order valence-corrected chi connectivity index (χ1v) is 9.15. The molecule has 0 aromatic rings. The molecule has 8 heteroatoms. The van der Waals surface area contributed by atoms with Crippen LogP contribution in [0, 0.1) is 17.3 Å². The number of nitrogens with one attached hydrogen (secondary N) is 2. The van der Waals surface area contributed by atoms with Crippen LogP contribution >= 0.6 is 11.6 Å². The fourth-order valence-electron chi connectivity index (χ4n) is 5.15. The van der Waals surface area contributed by atoms with Crippen LogP contribution in [0.3, 0.4) is 0 Å². The van der Waals surface area contributed by atoms with E-state index in [1.54, 1.807) is 0 Å². The van der Waals surface area contributed by atoms with E-state index in [1.165, 1.54) is 7.11 Å². The van der Waals surface area contributed by atoms with Crippen LogP contribution in [0.2, 0.25) is 0 Å². The Morgan fingerprint density at radius 1 is 1.16 bits per heavy atom. The van der Waals surface area contributed by atoms with Gasteiger partial charge < -0.3 is 14.8 Å². The number of hydrogen-bond donors (Lipinski definition) is 2. The van der Waals surface area contributed by atoms with E-state index in [2.05, 4.69) is 10.6 Å². The standard InChI is InChI=1S/C17H25ClN2O5/c1-24-3-2-19-15(23)20-13(21)9-25-14(22)16-5-11-4-12(6-16)8-17(18,7-11)10-16/h11-12H,2-10H2,1H3,(H2,19,20,21,23). The highest BCUT2D eigenvalue weighted by atomic mass is 35.5. The fourth-order valence-corrected chi connectivity index (χ4v) is 5.84. The minimum Gasteiger partial charge on any atom is -0.455 e. The van der Waals surface area contributed by atoms with Crippen LogP contribution in [0.15, 0.2) is 0 Å². The number of rotatable bonds is 6. The Morgan fingerprint density at radius 2 is 1.84 bits per heavy atom. The average molecular weight is 373 g/mol. The molecular weight excluding hydrogens is 348 g/mol. The first-order valence-electron chi connectivity index (χ1n) is 8.77. The molecule has 140 valence electrons. The van der Waals surface area contributed by atoms with Gasteiger partial charge in [0.15, 0.2) is 6.61 Å². The molecule has 3 amide bonds. The minimum absolute atomic E-state index is 0.285. The summed E-state index contributed by atoms with van der Waals surface area (Å²) in [5.41, 5.74) is -0.549. The Balaban J connectivity index is 1.48. The van der Waals surface area contributed by atoms with Gasteiger partial charge in [0.05, 0.1) is 12.0 Å². The molecule has 0 aromatic heterocycles. The zero-order valence-corrected chi connectivity index (χ0v) is 15.2. The van der Waals surface area contributed by atoms with Crippen LogP contribution in [0.5, 0.6) is 0 Å². The summed E-state index contributed by atoms with van der Waals surface area (Å²) in [5, 5.41) is 4.59. The Labute approximate surface area is 152 Å². The quantitative estimate of drug-likeness (QED) is 0.419. The third kappa shape index (κ3) is 4.08. The normalized spacial score (nSPS) is 35.3. The van der Waals surface area contributed by atoms with Crippen molar-refractivity contribution in [3.8, 4) is 0 Å². The van der Waals surface area contributed by atoms with Crippen LogP contribution in [-0.2, 0) is 19.1 Å². The molecule has 2 unspecified atom stereocenters. The van der Waals surface area contributed by atoms with E-state index in [1.807, 2.05) is 0 Å². The van der Waals surface area contributed by atoms with E-state index in [9.17, 15) is 14.4 Å². The van der Waals surface area contributed by atoms with Crippen LogP contribution in [-0.4, -0.2) is 49.7 Å². The van der Waals surface area contributed by atoms with Gasteiger partial charge in [-0.1, -0.05) is 0 Å². The molecule has 2 N–H and O–H groups in total. The van der Waals surface area contributed by atoms with E-state index in [0.717, 1.165) is 32.1 Å². The largest absolute Gasteiger partial charge is 0.455 e. The van der Waals surface area contributed by atoms with Gasteiger partial charge in [0, 0.05) is 18.5 Å². The number of alkyl halides is 1.